The second kappa shape index (κ2) is 7.58. The van der Waals surface area contributed by atoms with Crippen molar-refractivity contribution in [1.29, 1.82) is 0 Å². The van der Waals surface area contributed by atoms with Gasteiger partial charge >= 0.3 is 0 Å². The van der Waals surface area contributed by atoms with Gasteiger partial charge in [-0.2, -0.15) is 0 Å². The van der Waals surface area contributed by atoms with Crippen molar-refractivity contribution in [3.05, 3.63) is 23.9 Å². The van der Waals surface area contributed by atoms with Crippen molar-refractivity contribution >= 4 is 11.7 Å². The van der Waals surface area contributed by atoms with E-state index < -0.39 is 5.54 Å². The Morgan fingerprint density at radius 3 is 2.82 bits per heavy atom. The summed E-state index contributed by atoms with van der Waals surface area (Å²) < 4.78 is 0. The van der Waals surface area contributed by atoms with E-state index in [-0.39, 0.29) is 5.91 Å². The number of hydrogen-bond donors (Lipinski definition) is 2. The van der Waals surface area contributed by atoms with Crippen LogP contribution in [0.5, 0.6) is 0 Å². The number of hydrogen-bond acceptors (Lipinski definition) is 4. The van der Waals surface area contributed by atoms with Crippen LogP contribution in [0.15, 0.2) is 18.3 Å². The zero-order valence-corrected chi connectivity index (χ0v) is 13.8. The van der Waals surface area contributed by atoms with E-state index in [0.29, 0.717) is 13.0 Å². The van der Waals surface area contributed by atoms with Crippen LogP contribution in [0.25, 0.3) is 0 Å². The zero-order chi connectivity index (χ0) is 16.0. The summed E-state index contributed by atoms with van der Waals surface area (Å²) in [6.07, 6.45) is 7.16. The molecule has 0 saturated carbocycles. The van der Waals surface area contributed by atoms with Crippen molar-refractivity contribution in [2.45, 2.75) is 58.0 Å². The Hall–Kier alpha value is -1.62. The number of nitrogens with zero attached hydrogens (tertiary/aromatic N) is 2. The third-order valence-corrected chi connectivity index (χ3v) is 4.23. The third-order valence-electron chi connectivity index (χ3n) is 4.23. The lowest BCUT2D eigenvalue weighted by molar-refractivity contribution is -0.126. The highest BCUT2D eigenvalue weighted by Crippen LogP contribution is 2.18. The van der Waals surface area contributed by atoms with Crippen LogP contribution < -0.4 is 16.0 Å². The molecule has 1 fully saturated rings. The topological polar surface area (TPSA) is 71.2 Å². The average molecular weight is 304 g/mol. The zero-order valence-electron chi connectivity index (χ0n) is 13.8. The van der Waals surface area contributed by atoms with Crippen molar-refractivity contribution in [2.24, 2.45) is 5.73 Å². The van der Waals surface area contributed by atoms with Crippen LogP contribution in [0.4, 0.5) is 5.82 Å². The molecule has 1 saturated heterocycles. The Kier molecular flexibility index (Phi) is 5.77. The first-order chi connectivity index (χ1) is 10.5. The van der Waals surface area contributed by atoms with Crippen molar-refractivity contribution in [2.75, 3.05) is 18.0 Å². The fourth-order valence-electron chi connectivity index (χ4n) is 2.88. The van der Waals surface area contributed by atoms with Crippen molar-refractivity contribution in [3.63, 3.8) is 0 Å². The summed E-state index contributed by atoms with van der Waals surface area (Å²) >= 11 is 0. The normalized spacial score (nSPS) is 17.9. The molecule has 2 rings (SSSR count). The highest BCUT2D eigenvalue weighted by atomic mass is 16.2. The van der Waals surface area contributed by atoms with Crippen LogP contribution in [0.1, 0.15) is 51.5 Å². The monoisotopic (exact) mass is 304 g/mol. The second-order valence-corrected chi connectivity index (χ2v) is 6.42. The molecule has 122 valence electrons. The number of aromatic nitrogens is 1. The molecule has 22 heavy (non-hydrogen) atoms. The van der Waals surface area contributed by atoms with Crippen LogP contribution in [0, 0.1) is 0 Å². The van der Waals surface area contributed by atoms with Gasteiger partial charge in [0, 0.05) is 25.8 Å². The van der Waals surface area contributed by atoms with Gasteiger partial charge in [0.15, 0.2) is 0 Å². The number of nitrogens with two attached hydrogens (primary N) is 1. The molecule has 0 spiro atoms. The maximum absolute atomic E-state index is 12.2. The van der Waals surface area contributed by atoms with Crippen LogP contribution in [-0.4, -0.2) is 29.5 Å². The van der Waals surface area contributed by atoms with Crippen LogP contribution >= 0.6 is 0 Å². The predicted octanol–water partition coefficient (Wildman–Crippen LogP) is 2.21. The molecule has 0 radical (unpaired) electrons. The van der Waals surface area contributed by atoms with Crippen LogP contribution in [0.2, 0.25) is 0 Å². The molecule has 1 atom stereocenters. The summed E-state index contributed by atoms with van der Waals surface area (Å²) in [5.74, 6) is 0.918. The molecule has 3 N–H and O–H groups in total. The van der Waals surface area contributed by atoms with E-state index in [0.717, 1.165) is 30.9 Å². The van der Waals surface area contributed by atoms with Crippen molar-refractivity contribution in [1.82, 2.24) is 10.3 Å². The lowest BCUT2D eigenvalue weighted by Gasteiger charge is -2.28. The SMILES string of the molecule is CCCC(C)(N)C(=O)NCc1ccnc(N2CCCCC2)c1. The Morgan fingerprint density at radius 2 is 2.14 bits per heavy atom. The first-order valence-electron chi connectivity index (χ1n) is 8.30. The standard InChI is InChI=1S/C17H28N4O/c1-3-8-17(2,18)16(22)20-13-14-7-9-19-15(12-14)21-10-5-4-6-11-21/h7,9,12H,3-6,8,10-11,13,18H2,1-2H3,(H,20,22). The van der Waals surface area contributed by atoms with E-state index in [9.17, 15) is 4.79 Å². The third kappa shape index (κ3) is 4.44. The number of anilines is 1. The molecular weight excluding hydrogens is 276 g/mol. The molecule has 1 amide bonds. The van der Waals surface area contributed by atoms with Crippen LogP contribution in [-0.2, 0) is 11.3 Å². The second-order valence-electron chi connectivity index (χ2n) is 6.42. The maximum atomic E-state index is 12.2. The van der Waals surface area contributed by atoms with Crippen molar-refractivity contribution < 1.29 is 4.79 Å². The van der Waals surface area contributed by atoms with E-state index in [1.54, 1.807) is 6.92 Å². The first kappa shape index (κ1) is 16.7. The number of nitrogens with one attached hydrogen (secondary N) is 1. The van der Waals surface area contributed by atoms with Gasteiger partial charge in [-0.1, -0.05) is 13.3 Å². The van der Waals surface area contributed by atoms with Gasteiger partial charge in [0.2, 0.25) is 5.91 Å². The summed E-state index contributed by atoms with van der Waals surface area (Å²) in [5.41, 5.74) is 6.32. The minimum Gasteiger partial charge on any atom is -0.357 e. The highest BCUT2D eigenvalue weighted by molar-refractivity contribution is 5.85. The molecule has 1 unspecified atom stereocenters. The number of carbonyl (C=O) groups is 1. The minimum atomic E-state index is -0.794. The molecule has 1 aliphatic rings. The van der Waals surface area contributed by atoms with E-state index in [1.807, 2.05) is 19.2 Å². The Balaban J connectivity index is 1.94. The number of amides is 1. The summed E-state index contributed by atoms with van der Waals surface area (Å²) in [6, 6.07) is 4.01. The summed E-state index contributed by atoms with van der Waals surface area (Å²) in [6.45, 7) is 6.46. The number of carbonyl (C=O) groups excluding carboxylic acids is 1. The van der Waals surface area contributed by atoms with Gasteiger partial charge in [0.05, 0.1) is 5.54 Å². The van der Waals surface area contributed by atoms with Crippen LogP contribution in [0.3, 0.4) is 0 Å². The van der Waals surface area contributed by atoms with E-state index in [4.69, 9.17) is 5.73 Å². The molecule has 1 aromatic rings. The lowest BCUT2D eigenvalue weighted by Crippen LogP contribution is -2.51. The Bertz CT molecular complexity index is 495. The largest absolute Gasteiger partial charge is 0.357 e. The Morgan fingerprint density at radius 1 is 1.41 bits per heavy atom. The van der Waals surface area contributed by atoms with Gasteiger partial charge in [0.25, 0.3) is 0 Å². The molecular formula is C17H28N4O. The number of pyridine rings is 1. The van der Waals surface area contributed by atoms with Gasteiger partial charge in [-0.15, -0.1) is 0 Å². The van der Waals surface area contributed by atoms with Gasteiger partial charge in [-0.25, -0.2) is 4.98 Å². The van der Waals surface area contributed by atoms with Gasteiger partial charge < -0.3 is 16.0 Å². The molecule has 5 nitrogen and oxygen atoms in total. The van der Waals surface area contributed by atoms with E-state index >= 15 is 0 Å². The van der Waals surface area contributed by atoms with Gasteiger partial charge in [-0.3, -0.25) is 4.79 Å². The molecule has 1 aromatic heterocycles. The van der Waals surface area contributed by atoms with E-state index in [2.05, 4.69) is 21.3 Å². The quantitative estimate of drug-likeness (QED) is 0.845. The lowest BCUT2D eigenvalue weighted by atomic mass is 9.96. The number of piperidine rings is 1. The fourth-order valence-corrected chi connectivity index (χ4v) is 2.88. The van der Waals surface area contributed by atoms with E-state index in [1.165, 1.54) is 19.3 Å². The molecule has 0 bridgehead atoms. The molecule has 0 aromatic carbocycles. The highest BCUT2D eigenvalue weighted by Gasteiger charge is 2.26. The van der Waals surface area contributed by atoms with Gasteiger partial charge in [0.1, 0.15) is 5.82 Å². The minimum absolute atomic E-state index is 0.0920. The first-order valence-corrected chi connectivity index (χ1v) is 8.30. The molecule has 0 aliphatic carbocycles. The maximum Gasteiger partial charge on any atom is 0.240 e. The fraction of sp³-hybridized carbons (Fsp3) is 0.647. The van der Waals surface area contributed by atoms with Gasteiger partial charge in [-0.05, 0) is 50.3 Å². The Labute approximate surface area is 133 Å². The summed E-state index contributed by atoms with van der Waals surface area (Å²) in [4.78, 5) is 18.9. The average Bonchev–Trinajstić information content (AvgIpc) is 2.53. The summed E-state index contributed by atoms with van der Waals surface area (Å²) in [7, 11) is 0. The number of rotatable bonds is 6. The molecule has 5 heteroatoms. The molecule has 1 aliphatic heterocycles. The molecule has 2 heterocycles. The van der Waals surface area contributed by atoms with Crippen molar-refractivity contribution in [3.8, 4) is 0 Å². The smallest absolute Gasteiger partial charge is 0.240 e. The summed E-state index contributed by atoms with van der Waals surface area (Å²) in [5, 5.41) is 2.94. The predicted molar refractivity (Wildman–Crippen MR) is 89.6 cm³/mol.